The van der Waals surface area contributed by atoms with E-state index in [9.17, 15) is 4.79 Å². The molecule has 1 amide bonds. The molecule has 3 heteroatoms. The number of amides is 1. The third kappa shape index (κ3) is 2.42. The van der Waals surface area contributed by atoms with Crippen LogP contribution in [0.5, 0.6) is 0 Å². The first-order valence-corrected chi connectivity index (χ1v) is 4.02. The number of ether oxygens (including phenoxy) is 1. The fourth-order valence-electron chi connectivity index (χ4n) is 0.861. The molecule has 0 aromatic rings. The van der Waals surface area contributed by atoms with Gasteiger partial charge in [-0.2, -0.15) is 0 Å². The quantitative estimate of drug-likeness (QED) is 0.599. The van der Waals surface area contributed by atoms with Crippen molar-refractivity contribution < 1.29 is 9.53 Å². The summed E-state index contributed by atoms with van der Waals surface area (Å²) in [4.78, 5) is 12.6. The zero-order valence-electron chi connectivity index (χ0n) is 7.36. The molecule has 1 aliphatic heterocycles. The number of rotatable bonds is 1. The van der Waals surface area contributed by atoms with Gasteiger partial charge in [0.25, 0.3) is 0 Å². The first-order valence-electron chi connectivity index (χ1n) is 4.02. The number of carbonyl (C=O) groups excluding carboxylic acids is 1. The van der Waals surface area contributed by atoms with E-state index < -0.39 is 0 Å². The normalized spacial score (nSPS) is 15.4. The molecule has 0 spiro atoms. The average molecular weight is 167 g/mol. The Kier molecular flexibility index (Phi) is 2.91. The van der Waals surface area contributed by atoms with Gasteiger partial charge in [0.15, 0.2) is 0 Å². The van der Waals surface area contributed by atoms with Gasteiger partial charge in [0.2, 0.25) is 0 Å². The highest BCUT2D eigenvalue weighted by Crippen LogP contribution is 2.05. The SMILES string of the molecule is CC(C)OC(=O)N1C=CCC=C1. The molecule has 0 aliphatic carbocycles. The van der Waals surface area contributed by atoms with Crippen LogP contribution in [0.3, 0.4) is 0 Å². The molecule has 0 N–H and O–H groups in total. The highest BCUT2D eigenvalue weighted by Gasteiger charge is 2.11. The Morgan fingerprint density at radius 2 is 2.00 bits per heavy atom. The van der Waals surface area contributed by atoms with Gasteiger partial charge in [-0.25, -0.2) is 4.79 Å². The van der Waals surface area contributed by atoms with Gasteiger partial charge >= 0.3 is 6.09 Å². The monoisotopic (exact) mass is 167 g/mol. The summed E-state index contributed by atoms with van der Waals surface area (Å²) in [7, 11) is 0. The Bertz CT molecular complexity index is 207. The minimum absolute atomic E-state index is 0.0683. The minimum atomic E-state index is -0.322. The van der Waals surface area contributed by atoms with Gasteiger partial charge < -0.3 is 4.74 Å². The van der Waals surface area contributed by atoms with Crippen LogP contribution in [0.4, 0.5) is 4.79 Å². The Hall–Kier alpha value is -1.25. The summed E-state index contributed by atoms with van der Waals surface area (Å²) in [5.41, 5.74) is 0. The lowest BCUT2D eigenvalue weighted by Gasteiger charge is -2.17. The number of hydrogen-bond acceptors (Lipinski definition) is 2. The first kappa shape index (κ1) is 8.84. The molecule has 0 aromatic carbocycles. The van der Waals surface area contributed by atoms with Crippen molar-refractivity contribution in [3.05, 3.63) is 24.6 Å². The maximum Gasteiger partial charge on any atom is 0.418 e. The first-order chi connectivity index (χ1) is 5.70. The van der Waals surface area contributed by atoms with Crippen LogP contribution in [0.15, 0.2) is 24.6 Å². The molecule has 0 atom stereocenters. The number of carbonyl (C=O) groups is 1. The van der Waals surface area contributed by atoms with Crippen LogP contribution in [0.25, 0.3) is 0 Å². The minimum Gasteiger partial charge on any atom is -0.446 e. The van der Waals surface area contributed by atoms with Gasteiger partial charge in [0.05, 0.1) is 6.10 Å². The second-order valence-corrected chi connectivity index (χ2v) is 2.85. The molecule has 0 saturated heterocycles. The maximum atomic E-state index is 11.2. The highest BCUT2D eigenvalue weighted by molar-refractivity contribution is 5.70. The molecule has 0 unspecified atom stereocenters. The molecule has 12 heavy (non-hydrogen) atoms. The topological polar surface area (TPSA) is 29.5 Å². The third-order valence-electron chi connectivity index (χ3n) is 1.35. The van der Waals surface area contributed by atoms with Gasteiger partial charge in [-0.1, -0.05) is 12.2 Å². The molecule has 1 rings (SSSR count). The summed E-state index contributed by atoms with van der Waals surface area (Å²) in [5.74, 6) is 0. The molecular weight excluding hydrogens is 154 g/mol. The fraction of sp³-hybridized carbons (Fsp3) is 0.444. The Labute approximate surface area is 72.3 Å². The predicted molar refractivity (Wildman–Crippen MR) is 46.4 cm³/mol. The Balaban J connectivity index is 2.46. The Morgan fingerprint density at radius 3 is 2.50 bits per heavy atom. The molecular formula is C9H13NO2. The second kappa shape index (κ2) is 3.95. The molecule has 3 nitrogen and oxygen atoms in total. The number of allylic oxidation sites excluding steroid dienone is 2. The van der Waals surface area contributed by atoms with E-state index in [1.807, 2.05) is 26.0 Å². The summed E-state index contributed by atoms with van der Waals surface area (Å²) in [6.45, 7) is 3.66. The van der Waals surface area contributed by atoms with Crippen LogP contribution in [-0.4, -0.2) is 17.1 Å². The molecule has 0 bridgehead atoms. The summed E-state index contributed by atoms with van der Waals surface area (Å²) in [6.07, 6.45) is 7.72. The summed E-state index contributed by atoms with van der Waals surface area (Å²) in [6, 6.07) is 0. The van der Waals surface area contributed by atoms with Crippen molar-refractivity contribution in [3.8, 4) is 0 Å². The third-order valence-corrected chi connectivity index (χ3v) is 1.35. The summed E-state index contributed by atoms with van der Waals surface area (Å²) >= 11 is 0. The van der Waals surface area contributed by atoms with Gasteiger partial charge in [-0.05, 0) is 20.3 Å². The molecule has 1 aliphatic rings. The van der Waals surface area contributed by atoms with Crippen molar-refractivity contribution in [2.75, 3.05) is 0 Å². The average Bonchev–Trinajstić information content (AvgIpc) is 2.05. The van der Waals surface area contributed by atoms with Crippen LogP contribution in [-0.2, 0) is 4.74 Å². The van der Waals surface area contributed by atoms with Gasteiger partial charge in [0, 0.05) is 12.4 Å². The lowest BCUT2D eigenvalue weighted by molar-refractivity contribution is 0.0982. The smallest absolute Gasteiger partial charge is 0.418 e. The van der Waals surface area contributed by atoms with E-state index in [0.717, 1.165) is 6.42 Å². The molecule has 66 valence electrons. The molecule has 0 fully saturated rings. The maximum absolute atomic E-state index is 11.2. The van der Waals surface area contributed by atoms with E-state index in [1.54, 1.807) is 12.4 Å². The van der Waals surface area contributed by atoms with Crippen molar-refractivity contribution in [2.45, 2.75) is 26.4 Å². The van der Waals surface area contributed by atoms with Crippen molar-refractivity contribution in [3.63, 3.8) is 0 Å². The standard InChI is InChI=1S/C9H13NO2/c1-8(2)12-9(11)10-6-4-3-5-7-10/h4-8H,3H2,1-2H3. The predicted octanol–water partition coefficient (Wildman–Crippen LogP) is 2.26. The van der Waals surface area contributed by atoms with Crippen LogP contribution in [0, 0.1) is 0 Å². The van der Waals surface area contributed by atoms with Crippen LogP contribution >= 0.6 is 0 Å². The van der Waals surface area contributed by atoms with Gasteiger partial charge in [-0.3, -0.25) is 4.90 Å². The van der Waals surface area contributed by atoms with Crippen molar-refractivity contribution in [1.29, 1.82) is 0 Å². The van der Waals surface area contributed by atoms with Crippen LogP contribution in [0.2, 0.25) is 0 Å². The van der Waals surface area contributed by atoms with Crippen molar-refractivity contribution >= 4 is 6.09 Å². The van der Waals surface area contributed by atoms with E-state index in [0.29, 0.717) is 0 Å². The summed E-state index contributed by atoms with van der Waals surface area (Å²) in [5, 5.41) is 0. The van der Waals surface area contributed by atoms with E-state index in [-0.39, 0.29) is 12.2 Å². The van der Waals surface area contributed by atoms with Crippen LogP contribution < -0.4 is 0 Å². The van der Waals surface area contributed by atoms with Crippen molar-refractivity contribution in [1.82, 2.24) is 4.90 Å². The number of hydrogen-bond donors (Lipinski definition) is 0. The lowest BCUT2D eigenvalue weighted by atomic mass is 10.3. The van der Waals surface area contributed by atoms with Gasteiger partial charge in [-0.15, -0.1) is 0 Å². The zero-order chi connectivity index (χ0) is 8.97. The van der Waals surface area contributed by atoms with E-state index in [2.05, 4.69) is 0 Å². The Morgan fingerprint density at radius 1 is 1.42 bits per heavy atom. The van der Waals surface area contributed by atoms with E-state index >= 15 is 0 Å². The van der Waals surface area contributed by atoms with Crippen LogP contribution in [0.1, 0.15) is 20.3 Å². The fourth-order valence-corrected chi connectivity index (χ4v) is 0.861. The highest BCUT2D eigenvalue weighted by atomic mass is 16.6. The van der Waals surface area contributed by atoms with Gasteiger partial charge in [0.1, 0.15) is 0 Å². The molecule has 1 heterocycles. The lowest BCUT2D eigenvalue weighted by Crippen LogP contribution is -2.24. The molecule has 0 radical (unpaired) electrons. The van der Waals surface area contributed by atoms with E-state index in [4.69, 9.17) is 4.74 Å². The second-order valence-electron chi connectivity index (χ2n) is 2.85. The zero-order valence-corrected chi connectivity index (χ0v) is 7.36. The molecule has 0 aromatic heterocycles. The van der Waals surface area contributed by atoms with Crippen molar-refractivity contribution in [2.24, 2.45) is 0 Å². The molecule has 0 saturated carbocycles. The largest absolute Gasteiger partial charge is 0.446 e. The van der Waals surface area contributed by atoms with E-state index in [1.165, 1.54) is 4.90 Å². The summed E-state index contributed by atoms with van der Waals surface area (Å²) < 4.78 is 4.97. The number of nitrogens with zero attached hydrogens (tertiary/aromatic N) is 1.